The molecule has 106 valence electrons. The van der Waals surface area contributed by atoms with E-state index < -0.39 is 0 Å². The Morgan fingerprint density at radius 2 is 1.95 bits per heavy atom. The maximum absolute atomic E-state index is 5.81. The Kier molecular flexibility index (Phi) is 3.95. The molecule has 3 N–H and O–H groups in total. The van der Waals surface area contributed by atoms with Crippen molar-refractivity contribution in [2.45, 2.75) is 19.4 Å². The molecule has 3 aromatic rings. The fourth-order valence-electron chi connectivity index (χ4n) is 2.76. The number of nitrogens with two attached hydrogens (primary N) is 1. The quantitative estimate of drug-likeness (QED) is 0.568. The normalized spacial score (nSPS) is 12.5. The van der Waals surface area contributed by atoms with Gasteiger partial charge >= 0.3 is 0 Å². The maximum atomic E-state index is 5.81. The monoisotopic (exact) mass is 277 g/mol. The van der Waals surface area contributed by atoms with Crippen LogP contribution in [0.5, 0.6) is 0 Å². The van der Waals surface area contributed by atoms with E-state index in [1.807, 2.05) is 24.4 Å². The Morgan fingerprint density at radius 3 is 2.76 bits per heavy atom. The maximum Gasteiger partial charge on any atom is 0.0705 e. The second kappa shape index (κ2) is 6.04. The lowest BCUT2D eigenvalue weighted by atomic mass is 9.95. The number of rotatable bonds is 4. The van der Waals surface area contributed by atoms with E-state index in [0.29, 0.717) is 0 Å². The number of aromatic nitrogens is 1. The van der Waals surface area contributed by atoms with Gasteiger partial charge in [-0.3, -0.25) is 16.3 Å². The van der Waals surface area contributed by atoms with E-state index in [1.54, 1.807) is 0 Å². The minimum absolute atomic E-state index is 0.0692. The van der Waals surface area contributed by atoms with Crippen molar-refractivity contribution < 1.29 is 0 Å². The Hall–Kier alpha value is -2.23. The van der Waals surface area contributed by atoms with Crippen molar-refractivity contribution in [1.82, 2.24) is 10.4 Å². The van der Waals surface area contributed by atoms with Crippen molar-refractivity contribution in [3.8, 4) is 0 Å². The van der Waals surface area contributed by atoms with E-state index in [1.165, 1.54) is 16.7 Å². The number of fused-ring (bicyclic) bond motifs is 1. The third-order valence-corrected chi connectivity index (χ3v) is 3.78. The van der Waals surface area contributed by atoms with Crippen molar-refractivity contribution in [3.63, 3.8) is 0 Å². The molecule has 3 rings (SSSR count). The number of hydrogen-bond acceptors (Lipinski definition) is 3. The molecule has 1 aromatic heterocycles. The molecule has 0 radical (unpaired) electrons. The van der Waals surface area contributed by atoms with E-state index in [0.717, 1.165) is 17.3 Å². The summed E-state index contributed by atoms with van der Waals surface area (Å²) in [5.74, 6) is 5.81. The molecule has 0 aliphatic carbocycles. The van der Waals surface area contributed by atoms with Gasteiger partial charge in [0.05, 0.1) is 11.6 Å². The third kappa shape index (κ3) is 2.94. The van der Waals surface area contributed by atoms with Gasteiger partial charge in [-0.2, -0.15) is 0 Å². The molecule has 3 nitrogen and oxygen atoms in total. The second-order valence-electron chi connectivity index (χ2n) is 5.33. The largest absolute Gasteiger partial charge is 0.271 e. The van der Waals surface area contributed by atoms with Gasteiger partial charge in [0.25, 0.3) is 0 Å². The lowest BCUT2D eigenvalue weighted by Gasteiger charge is -2.18. The van der Waals surface area contributed by atoms with Crippen LogP contribution in [0.3, 0.4) is 0 Å². The number of benzene rings is 2. The number of aryl methyl sites for hydroxylation is 1. The number of hydrogen-bond donors (Lipinski definition) is 2. The molecule has 1 atom stereocenters. The molecule has 0 aliphatic heterocycles. The first-order valence-corrected chi connectivity index (χ1v) is 7.13. The van der Waals surface area contributed by atoms with Crippen LogP contribution >= 0.6 is 0 Å². The average molecular weight is 277 g/mol. The minimum atomic E-state index is 0.0692. The van der Waals surface area contributed by atoms with Gasteiger partial charge in [0, 0.05) is 11.6 Å². The Bertz CT molecular complexity index is 747. The summed E-state index contributed by atoms with van der Waals surface area (Å²) < 4.78 is 0. The summed E-state index contributed by atoms with van der Waals surface area (Å²) in [5.41, 5.74) is 7.68. The van der Waals surface area contributed by atoms with Crippen LogP contribution in [0.2, 0.25) is 0 Å². The minimum Gasteiger partial charge on any atom is -0.271 e. The second-order valence-corrected chi connectivity index (χ2v) is 5.33. The Balaban J connectivity index is 1.98. The van der Waals surface area contributed by atoms with Gasteiger partial charge in [0.1, 0.15) is 0 Å². The number of nitrogens with zero attached hydrogens (tertiary/aromatic N) is 1. The van der Waals surface area contributed by atoms with Gasteiger partial charge in [-0.25, -0.2) is 0 Å². The van der Waals surface area contributed by atoms with Crippen LogP contribution < -0.4 is 11.3 Å². The first kappa shape index (κ1) is 13.7. The first-order valence-electron chi connectivity index (χ1n) is 7.13. The Morgan fingerprint density at radius 1 is 1.10 bits per heavy atom. The molecule has 0 saturated heterocycles. The van der Waals surface area contributed by atoms with E-state index in [2.05, 4.69) is 53.7 Å². The van der Waals surface area contributed by atoms with Crippen molar-refractivity contribution in [2.24, 2.45) is 5.84 Å². The Labute approximate surface area is 124 Å². The zero-order chi connectivity index (χ0) is 14.7. The van der Waals surface area contributed by atoms with E-state index in [-0.39, 0.29) is 6.04 Å². The van der Waals surface area contributed by atoms with E-state index in [9.17, 15) is 0 Å². The van der Waals surface area contributed by atoms with Crippen molar-refractivity contribution in [2.75, 3.05) is 0 Å². The lowest BCUT2D eigenvalue weighted by molar-refractivity contribution is 0.555. The average Bonchev–Trinajstić information content (AvgIpc) is 2.52. The molecule has 3 heteroatoms. The molecule has 21 heavy (non-hydrogen) atoms. The van der Waals surface area contributed by atoms with Crippen LogP contribution in [0, 0.1) is 6.92 Å². The predicted octanol–water partition coefficient (Wildman–Crippen LogP) is 3.29. The van der Waals surface area contributed by atoms with Gasteiger partial charge < -0.3 is 0 Å². The van der Waals surface area contributed by atoms with Crippen LogP contribution in [-0.2, 0) is 6.42 Å². The number of pyridine rings is 1. The van der Waals surface area contributed by atoms with Gasteiger partial charge in [-0.05, 0) is 36.6 Å². The third-order valence-electron chi connectivity index (χ3n) is 3.78. The van der Waals surface area contributed by atoms with Crippen LogP contribution in [0.15, 0.2) is 60.8 Å². The standard InChI is InChI=1S/C18H19N3/c1-13-5-2-6-14(11-13)12-18(21-19)16-7-3-9-17-15(16)8-4-10-20-17/h2-11,18,21H,12,19H2,1H3. The van der Waals surface area contributed by atoms with Crippen LogP contribution in [0.4, 0.5) is 0 Å². The molecule has 1 unspecified atom stereocenters. The number of nitrogens with one attached hydrogen (secondary N) is 1. The van der Waals surface area contributed by atoms with Crippen LogP contribution in [0.25, 0.3) is 10.9 Å². The SMILES string of the molecule is Cc1cccc(CC(NN)c2cccc3ncccc23)c1. The van der Waals surface area contributed by atoms with E-state index in [4.69, 9.17) is 5.84 Å². The first-order chi connectivity index (χ1) is 10.3. The number of hydrazine groups is 1. The lowest BCUT2D eigenvalue weighted by Crippen LogP contribution is -2.29. The summed E-state index contributed by atoms with van der Waals surface area (Å²) in [6.07, 6.45) is 2.67. The fourth-order valence-corrected chi connectivity index (χ4v) is 2.76. The molecule has 0 amide bonds. The van der Waals surface area contributed by atoms with Crippen molar-refractivity contribution in [3.05, 3.63) is 77.5 Å². The zero-order valence-corrected chi connectivity index (χ0v) is 12.1. The highest BCUT2D eigenvalue weighted by Gasteiger charge is 2.13. The molecule has 0 aliphatic rings. The van der Waals surface area contributed by atoms with Gasteiger partial charge in [-0.1, -0.05) is 48.0 Å². The van der Waals surface area contributed by atoms with Crippen LogP contribution in [0.1, 0.15) is 22.7 Å². The summed E-state index contributed by atoms with van der Waals surface area (Å²) in [4.78, 5) is 4.41. The van der Waals surface area contributed by atoms with Gasteiger partial charge in [0.2, 0.25) is 0 Å². The van der Waals surface area contributed by atoms with Crippen LogP contribution in [-0.4, -0.2) is 4.98 Å². The molecule has 2 aromatic carbocycles. The summed E-state index contributed by atoms with van der Waals surface area (Å²) in [5, 5.41) is 1.15. The summed E-state index contributed by atoms with van der Waals surface area (Å²) in [6.45, 7) is 2.11. The molecule has 0 saturated carbocycles. The van der Waals surface area contributed by atoms with Crippen molar-refractivity contribution >= 4 is 10.9 Å². The predicted molar refractivity (Wildman–Crippen MR) is 86.7 cm³/mol. The highest BCUT2D eigenvalue weighted by molar-refractivity contribution is 5.82. The molecule has 1 heterocycles. The molecule has 0 spiro atoms. The summed E-state index contributed by atoms with van der Waals surface area (Å²) in [7, 11) is 0. The molecule has 0 fully saturated rings. The highest BCUT2D eigenvalue weighted by atomic mass is 15.2. The van der Waals surface area contributed by atoms with E-state index >= 15 is 0 Å². The van der Waals surface area contributed by atoms with Gasteiger partial charge in [-0.15, -0.1) is 0 Å². The summed E-state index contributed by atoms with van der Waals surface area (Å²) in [6, 6.07) is 18.8. The fraction of sp³-hybridized carbons (Fsp3) is 0.167. The zero-order valence-electron chi connectivity index (χ0n) is 12.1. The molecular weight excluding hydrogens is 258 g/mol. The molecule has 0 bridgehead atoms. The smallest absolute Gasteiger partial charge is 0.0705 e. The highest BCUT2D eigenvalue weighted by Crippen LogP contribution is 2.25. The summed E-state index contributed by atoms with van der Waals surface area (Å²) >= 11 is 0. The topological polar surface area (TPSA) is 50.9 Å². The molecular formula is C18H19N3. The van der Waals surface area contributed by atoms with Crippen molar-refractivity contribution in [1.29, 1.82) is 0 Å². The van der Waals surface area contributed by atoms with Gasteiger partial charge in [0.15, 0.2) is 0 Å².